The molecule has 3 heterocycles. The number of halogens is 3. The SMILES string of the molecule is CNC(=O)c1ccc(N2CCN(Cc3ccc4c(c3F)CC(=O)C([C@@H](C)F)=N4)CC2)c(F)n1. The molecule has 10 heteroatoms. The van der Waals surface area contributed by atoms with Crippen LogP contribution in [0.1, 0.15) is 28.5 Å². The number of hydrogen-bond acceptors (Lipinski definition) is 6. The number of rotatable bonds is 5. The number of aliphatic imine (C=N–C) groups is 1. The number of nitrogens with one attached hydrogen (secondary N) is 1. The molecule has 2 aliphatic rings. The molecular formula is C23H24F3N5O2. The third-order valence-corrected chi connectivity index (χ3v) is 5.93. The molecule has 1 aromatic carbocycles. The first kappa shape index (κ1) is 22.9. The second kappa shape index (κ2) is 9.30. The van der Waals surface area contributed by atoms with E-state index >= 15 is 4.39 Å². The lowest BCUT2D eigenvalue weighted by Crippen LogP contribution is -2.46. The molecule has 174 valence electrons. The monoisotopic (exact) mass is 459 g/mol. The van der Waals surface area contributed by atoms with Gasteiger partial charge in [-0.2, -0.15) is 4.39 Å². The maximum Gasteiger partial charge on any atom is 0.269 e. The van der Waals surface area contributed by atoms with Crippen LogP contribution in [0.25, 0.3) is 0 Å². The summed E-state index contributed by atoms with van der Waals surface area (Å²) in [5.74, 6) is -2.16. The zero-order valence-corrected chi connectivity index (χ0v) is 18.4. The fraction of sp³-hybridized carbons (Fsp3) is 0.391. The topological polar surface area (TPSA) is 77.9 Å². The number of pyridine rings is 1. The number of carbonyl (C=O) groups is 2. The number of alkyl halides is 1. The summed E-state index contributed by atoms with van der Waals surface area (Å²) in [4.78, 5) is 35.4. The number of ketones is 1. The van der Waals surface area contributed by atoms with E-state index in [1.54, 1.807) is 12.1 Å². The van der Waals surface area contributed by atoms with Gasteiger partial charge in [-0.3, -0.25) is 14.5 Å². The molecule has 1 saturated heterocycles. The van der Waals surface area contributed by atoms with Crippen molar-refractivity contribution in [3.8, 4) is 0 Å². The molecule has 0 saturated carbocycles. The number of benzene rings is 1. The molecule has 4 rings (SSSR count). The van der Waals surface area contributed by atoms with Crippen molar-refractivity contribution in [3.05, 3.63) is 52.9 Å². The third-order valence-electron chi connectivity index (χ3n) is 5.93. The van der Waals surface area contributed by atoms with Crippen molar-refractivity contribution in [2.24, 2.45) is 4.99 Å². The quantitative estimate of drug-likeness (QED) is 0.696. The lowest BCUT2D eigenvalue weighted by molar-refractivity contribution is -0.112. The zero-order chi connectivity index (χ0) is 23.7. The zero-order valence-electron chi connectivity index (χ0n) is 18.4. The second-order valence-electron chi connectivity index (χ2n) is 8.10. The highest BCUT2D eigenvalue weighted by atomic mass is 19.1. The van der Waals surface area contributed by atoms with Crippen molar-refractivity contribution in [2.45, 2.75) is 26.1 Å². The van der Waals surface area contributed by atoms with Gasteiger partial charge < -0.3 is 10.2 Å². The van der Waals surface area contributed by atoms with Gasteiger partial charge in [-0.05, 0) is 25.1 Å². The Morgan fingerprint density at radius 3 is 2.52 bits per heavy atom. The fourth-order valence-corrected chi connectivity index (χ4v) is 4.11. The number of aromatic nitrogens is 1. The van der Waals surface area contributed by atoms with Gasteiger partial charge in [-0.25, -0.2) is 18.8 Å². The molecule has 0 bridgehead atoms. The van der Waals surface area contributed by atoms with Gasteiger partial charge in [0.25, 0.3) is 5.91 Å². The van der Waals surface area contributed by atoms with E-state index in [-0.39, 0.29) is 23.4 Å². The number of amides is 1. The van der Waals surface area contributed by atoms with Crippen molar-refractivity contribution in [3.63, 3.8) is 0 Å². The highest BCUT2D eigenvalue weighted by Crippen LogP contribution is 2.31. The van der Waals surface area contributed by atoms with Gasteiger partial charge >= 0.3 is 0 Å². The number of carbonyl (C=O) groups excluding carboxylic acids is 2. The molecule has 7 nitrogen and oxygen atoms in total. The Kier molecular flexibility index (Phi) is 6.46. The van der Waals surface area contributed by atoms with Gasteiger partial charge in [-0.15, -0.1) is 0 Å². The van der Waals surface area contributed by atoms with Crippen LogP contribution in [0.3, 0.4) is 0 Å². The average molecular weight is 459 g/mol. The summed E-state index contributed by atoms with van der Waals surface area (Å²) >= 11 is 0. The summed E-state index contributed by atoms with van der Waals surface area (Å²) < 4.78 is 43.1. The summed E-state index contributed by atoms with van der Waals surface area (Å²) in [7, 11) is 1.45. The summed E-state index contributed by atoms with van der Waals surface area (Å²) in [6.07, 6.45) is -1.70. The van der Waals surface area contributed by atoms with E-state index in [2.05, 4.69) is 15.3 Å². The first-order valence-electron chi connectivity index (χ1n) is 10.7. The Balaban J connectivity index is 1.43. The molecule has 0 spiro atoms. The summed E-state index contributed by atoms with van der Waals surface area (Å²) in [5.41, 5.74) is 1.08. The fourth-order valence-electron chi connectivity index (χ4n) is 4.11. The van der Waals surface area contributed by atoms with E-state index in [1.807, 2.05) is 9.80 Å². The number of Topliss-reactive ketones (excluding diaryl/α,β-unsaturated/α-hetero) is 1. The van der Waals surface area contributed by atoms with Crippen LogP contribution in [0.2, 0.25) is 0 Å². The first-order chi connectivity index (χ1) is 15.8. The number of nitrogens with zero attached hydrogens (tertiary/aromatic N) is 4. The smallest absolute Gasteiger partial charge is 0.269 e. The van der Waals surface area contributed by atoms with Crippen LogP contribution >= 0.6 is 0 Å². The van der Waals surface area contributed by atoms with Gasteiger partial charge in [0, 0.05) is 57.3 Å². The van der Waals surface area contributed by atoms with E-state index in [4.69, 9.17) is 0 Å². The number of anilines is 1. The molecule has 0 radical (unpaired) electrons. The third kappa shape index (κ3) is 4.61. The van der Waals surface area contributed by atoms with Crippen LogP contribution in [0, 0.1) is 11.8 Å². The Hall–Kier alpha value is -3.27. The summed E-state index contributed by atoms with van der Waals surface area (Å²) in [6.45, 7) is 3.70. The molecule has 1 N–H and O–H groups in total. The maximum absolute atomic E-state index is 15.1. The van der Waals surface area contributed by atoms with Crippen molar-refractivity contribution >= 4 is 28.8 Å². The van der Waals surface area contributed by atoms with E-state index in [0.717, 1.165) is 0 Å². The van der Waals surface area contributed by atoms with Crippen molar-refractivity contribution < 1.29 is 22.8 Å². The normalized spacial score (nSPS) is 17.4. The standard InChI is InChI=1S/C23H24F3N5O2/c1-13(24)21-19(32)11-15-16(28-21)4-3-14(20(15)25)12-30-7-9-31(10-8-30)18-6-5-17(23(33)27-2)29-22(18)26/h3-6,13H,7-12H2,1-2H3,(H,27,33)/t13-/m1/s1. The molecule has 33 heavy (non-hydrogen) atoms. The van der Waals surface area contributed by atoms with E-state index in [0.29, 0.717) is 49.7 Å². The molecule has 1 aromatic heterocycles. The predicted molar refractivity (Wildman–Crippen MR) is 118 cm³/mol. The molecule has 0 aliphatic carbocycles. The van der Waals surface area contributed by atoms with Crippen LogP contribution < -0.4 is 10.2 Å². The minimum Gasteiger partial charge on any atom is -0.365 e. The Labute approximate surface area is 189 Å². The van der Waals surface area contributed by atoms with Gasteiger partial charge in [0.1, 0.15) is 23.4 Å². The minimum atomic E-state index is -1.50. The minimum absolute atomic E-state index is 0.0104. The molecule has 0 unspecified atom stereocenters. The predicted octanol–water partition coefficient (Wildman–Crippen LogP) is 2.60. The van der Waals surface area contributed by atoms with Crippen LogP contribution in [-0.4, -0.2) is 66.7 Å². The lowest BCUT2D eigenvalue weighted by Gasteiger charge is -2.36. The largest absolute Gasteiger partial charge is 0.365 e. The van der Waals surface area contributed by atoms with Gasteiger partial charge in [-0.1, -0.05) is 6.07 Å². The second-order valence-corrected chi connectivity index (χ2v) is 8.10. The van der Waals surface area contributed by atoms with Crippen molar-refractivity contribution in [2.75, 3.05) is 38.1 Å². The Morgan fingerprint density at radius 1 is 1.15 bits per heavy atom. The van der Waals surface area contributed by atoms with Crippen molar-refractivity contribution in [1.29, 1.82) is 0 Å². The molecule has 1 amide bonds. The molecule has 1 fully saturated rings. The van der Waals surface area contributed by atoms with Crippen LogP contribution in [-0.2, 0) is 17.8 Å². The van der Waals surface area contributed by atoms with Crippen LogP contribution in [0.15, 0.2) is 29.3 Å². The van der Waals surface area contributed by atoms with Crippen LogP contribution in [0.4, 0.5) is 24.5 Å². The highest BCUT2D eigenvalue weighted by Gasteiger charge is 2.28. The highest BCUT2D eigenvalue weighted by molar-refractivity contribution is 6.43. The lowest BCUT2D eigenvalue weighted by atomic mass is 9.95. The van der Waals surface area contributed by atoms with Gasteiger partial charge in [0.05, 0.1) is 11.4 Å². The van der Waals surface area contributed by atoms with Gasteiger partial charge in [0.2, 0.25) is 5.95 Å². The van der Waals surface area contributed by atoms with E-state index < -0.39 is 29.6 Å². The van der Waals surface area contributed by atoms with E-state index in [1.165, 1.54) is 26.1 Å². The summed E-state index contributed by atoms with van der Waals surface area (Å²) in [6, 6.07) is 6.25. The number of fused-ring (bicyclic) bond motifs is 1. The average Bonchev–Trinajstić information content (AvgIpc) is 2.81. The number of piperazine rings is 1. The Bertz CT molecular complexity index is 1130. The molecule has 1 atom stereocenters. The maximum atomic E-state index is 15.1. The molecule has 2 aliphatic heterocycles. The first-order valence-corrected chi connectivity index (χ1v) is 10.7. The molecular weight excluding hydrogens is 435 g/mol. The van der Waals surface area contributed by atoms with E-state index in [9.17, 15) is 18.4 Å². The summed E-state index contributed by atoms with van der Waals surface area (Å²) in [5, 5.41) is 2.41. The van der Waals surface area contributed by atoms with Crippen LogP contribution in [0.5, 0.6) is 0 Å². The van der Waals surface area contributed by atoms with Gasteiger partial charge in [0.15, 0.2) is 5.78 Å². The Morgan fingerprint density at radius 2 is 1.88 bits per heavy atom. The van der Waals surface area contributed by atoms with Crippen molar-refractivity contribution in [1.82, 2.24) is 15.2 Å². The molecule has 2 aromatic rings. The number of hydrogen-bond donors (Lipinski definition) is 1.